The second kappa shape index (κ2) is 7.83. The number of aromatic hydroxyl groups is 1. The zero-order valence-electron chi connectivity index (χ0n) is 15.9. The Morgan fingerprint density at radius 2 is 1.41 bits per heavy atom. The minimum atomic E-state index is -4.69. The van der Waals surface area contributed by atoms with Gasteiger partial charge in [-0.3, -0.25) is 9.11 Å². The summed E-state index contributed by atoms with van der Waals surface area (Å²) in [4.78, 5) is -0.544. The molecule has 0 saturated heterocycles. The van der Waals surface area contributed by atoms with Crippen molar-refractivity contribution in [1.82, 2.24) is 0 Å². The van der Waals surface area contributed by atoms with Gasteiger partial charge in [0.2, 0.25) is 0 Å². The highest BCUT2D eigenvalue weighted by molar-refractivity contribution is 7.86. The Hall–Kier alpha value is -3.03. The molecule has 4 aromatic rings. The zero-order chi connectivity index (χ0) is 23.3. The molecule has 4 aromatic carbocycles. The lowest BCUT2D eigenvalue weighted by Gasteiger charge is -2.10. The van der Waals surface area contributed by atoms with Crippen molar-refractivity contribution in [3.63, 3.8) is 0 Å². The van der Waals surface area contributed by atoms with E-state index < -0.39 is 30.9 Å². The molecule has 0 bridgehead atoms. The zero-order valence-corrected chi connectivity index (χ0v) is 18.4. The molecule has 0 unspecified atom stereocenters. The molecule has 32 heavy (non-hydrogen) atoms. The fraction of sp³-hybridized carbons (Fsp3) is 0. The Balaban J connectivity index is 1.99. The van der Waals surface area contributed by atoms with Crippen LogP contribution in [0.2, 0.25) is 0 Å². The Labute approximate surface area is 188 Å². The third-order valence-corrected chi connectivity index (χ3v) is 6.74. The maximum absolute atomic E-state index is 11.9. The maximum Gasteiger partial charge on any atom is 0.295 e. The van der Waals surface area contributed by atoms with E-state index in [1.54, 1.807) is 18.2 Å². The third kappa shape index (κ3) is 4.06. The van der Waals surface area contributed by atoms with Crippen molar-refractivity contribution < 1.29 is 31.0 Å². The summed E-state index contributed by atoms with van der Waals surface area (Å²) in [5.74, 6) is -0.392. The van der Waals surface area contributed by atoms with Crippen molar-refractivity contribution in [2.75, 3.05) is 0 Å². The van der Waals surface area contributed by atoms with Gasteiger partial charge in [-0.25, -0.2) is 0 Å². The molecule has 12 heteroatoms. The van der Waals surface area contributed by atoms with Gasteiger partial charge in [-0.15, -0.1) is 22.9 Å². The number of phenols is 1. The summed E-state index contributed by atoms with van der Waals surface area (Å²) in [5.41, 5.74) is -0.0185. The number of thiol groups is 1. The second-order valence-corrected chi connectivity index (χ2v) is 10.1. The van der Waals surface area contributed by atoms with Crippen molar-refractivity contribution >= 4 is 65.8 Å². The van der Waals surface area contributed by atoms with Gasteiger partial charge in [0.1, 0.15) is 21.2 Å². The molecule has 0 heterocycles. The number of rotatable bonds is 4. The summed E-state index contributed by atoms with van der Waals surface area (Å²) >= 11 is 4.14. The van der Waals surface area contributed by atoms with Crippen LogP contribution in [0, 0.1) is 0 Å². The molecule has 9 nitrogen and oxygen atoms in total. The van der Waals surface area contributed by atoms with Gasteiger partial charge in [0, 0.05) is 21.1 Å². The number of fused-ring (bicyclic) bond motifs is 2. The van der Waals surface area contributed by atoms with Gasteiger partial charge in [-0.2, -0.15) is 16.8 Å². The van der Waals surface area contributed by atoms with Crippen LogP contribution in [0.3, 0.4) is 0 Å². The summed E-state index contributed by atoms with van der Waals surface area (Å²) in [6.07, 6.45) is 0. The van der Waals surface area contributed by atoms with E-state index in [4.69, 9.17) is 0 Å². The molecule has 0 atom stereocenters. The van der Waals surface area contributed by atoms with Crippen molar-refractivity contribution in [3.8, 4) is 5.75 Å². The average molecular weight is 491 g/mol. The fourth-order valence-electron chi connectivity index (χ4n) is 3.36. The number of hydrogen-bond acceptors (Lipinski definition) is 8. The number of nitrogens with zero attached hydrogens (tertiary/aromatic N) is 2. The molecule has 0 saturated carbocycles. The van der Waals surface area contributed by atoms with Crippen LogP contribution in [0.15, 0.2) is 85.6 Å². The molecule has 0 aromatic heterocycles. The molecule has 0 fully saturated rings. The molecular weight excluding hydrogens is 476 g/mol. The van der Waals surface area contributed by atoms with Crippen molar-refractivity contribution in [1.29, 1.82) is 0 Å². The molecule has 4 rings (SSSR count). The maximum atomic E-state index is 11.9. The van der Waals surface area contributed by atoms with Crippen LogP contribution in [0.4, 0.5) is 11.4 Å². The van der Waals surface area contributed by atoms with E-state index in [2.05, 4.69) is 22.9 Å². The summed E-state index contributed by atoms with van der Waals surface area (Å²) in [7, 11) is -9.18. The Bertz CT molecular complexity index is 1650. The lowest BCUT2D eigenvalue weighted by Crippen LogP contribution is -1.99. The minimum absolute atomic E-state index is 0.0621. The number of hydrogen-bond donors (Lipinski definition) is 4. The van der Waals surface area contributed by atoms with Gasteiger partial charge >= 0.3 is 0 Å². The summed E-state index contributed by atoms with van der Waals surface area (Å²) in [6.45, 7) is 0. The summed E-state index contributed by atoms with van der Waals surface area (Å²) in [6, 6.07) is 14.1. The fourth-order valence-corrected chi connectivity index (χ4v) is 5.16. The average Bonchev–Trinajstić information content (AvgIpc) is 2.71. The summed E-state index contributed by atoms with van der Waals surface area (Å²) in [5, 5.41) is 19.3. The molecular formula is C20H14N2O7S3. The molecule has 3 N–H and O–H groups in total. The largest absolute Gasteiger partial charge is 0.506 e. The van der Waals surface area contributed by atoms with Gasteiger partial charge in [-0.1, -0.05) is 30.3 Å². The summed E-state index contributed by atoms with van der Waals surface area (Å²) < 4.78 is 66.3. The normalized spacial score (nSPS) is 12.7. The van der Waals surface area contributed by atoms with E-state index in [1.807, 2.05) is 0 Å². The van der Waals surface area contributed by atoms with E-state index in [0.717, 1.165) is 12.1 Å². The highest BCUT2D eigenvalue weighted by atomic mass is 32.2. The number of phenolic OH excluding ortho intramolecular Hbond substituents is 1. The molecule has 0 radical (unpaired) electrons. The van der Waals surface area contributed by atoms with Gasteiger partial charge in [0.25, 0.3) is 20.2 Å². The second-order valence-electron chi connectivity index (χ2n) is 6.75. The molecule has 0 amide bonds. The topological polar surface area (TPSA) is 154 Å². The number of benzene rings is 4. The first-order valence-corrected chi connectivity index (χ1v) is 12.2. The van der Waals surface area contributed by atoms with Gasteiger partial charge in [0.15, 0.2) is 0 Å². The van der Waals surface area contributed by atoms with Crippen LogP contribution in [-0.4, -0.2) is 31.0 Å². The molecule has 0 spiro atoms. The first-order chi connectivity index (χ1) is 15.0. The van der Waals surface area contributed by atoms with Crippen LogP contribution in [0.25, 0.3) is 21.5 Å². The molecule has 164 valence electrons. The van der Waals surface area contributed by atoms with Gasteiger partial charge in [0.05, 0.1) is 5.69 Å². The predicted molar refractivity (Wildman–Crippen MR) is 121 cm³/mol. The monoisotopic (exact) mass is 490 g/mol. The van der Waals surface area contributed by atoms with Crippen LogP contribution in [-0.2, 0) is 20.2 Å². The molecule has 0 aliphatic carbocycles. The van der Waals surface area contributed by atoms with Crippen LogP contribution in [0.5, 0.6) is 5.75 Å². The Kier molecular flexibility index (Phi) is 5.43. The van der Waals surface area contributed by atoms with Crippen molar-refractivity contribution in [2.45, 2.75) is 14.7 Å². The lowest BCUT2D eigenvalue weighted by atomic mass is 10.1. The number of azo groups is 1. The highest BCUT2D eigenvalue weighted by Gasteiger charge is 2.21. The van der Waals surface area contributed by atoms with Gasteiger partial charge < -0.3 is 5.11 Å². The van der Waals surface area contributed by atoms with E-state index in [1.165, 1.54) is 30.3 Å². The predicted octanol–water partition coefficient (Wildman–Crippen LogP) is 4.90. The van der Waals surface area contributed by atoms with E-state index in [-0.39, 0.29) is 31.9 Å². The van der Waals surface area contributed by atoms with Crippen LogP contribution >= 0.6 is 12.6 Å². The van der Waals surface area contributed by atoms with Crippen molar-refractivity contribution in [2.24, 2.45) is 10.2 Å². The SMILES string of the molecule is O=S(=O)(O)c1ccc(/N=N/c2c(O)ccc3cc(S)cc(S(=O)(=O)O)c23)c2ccccc12. The van der Waals surface area contributed by atoms with E-state index in [9.17, 15) is 31.0 Å². The van der Waals surface area contributed by atoms with Crippen molar-refractivity contribution in [3.05, 3.63) is 60.7 Å². The highest BCUT2D eigenvalue weighted by Crippen LogP contribution is 2.41. The first-order valence-electron chi connectivity index (χ1n) is 8.84. The third-order valence-electron chi connectivity index (χ3n) is 4.69. The quantitative estimate of drug-likeness (QED) is 0.180. The smallest absolute Gasteiger partial charge is 0.295 e. The standard InChI is InChI=1S/C20H14N2O7S3/c23-16-7-5-11-9-12(30)10-18(32(27,28)29)19(11)20(16)22-21-15-6-8-17(31(24,25)26)14-4-2-1-3-13(14)15/h1-10,23,30H,(H,24,25,26)(H,27,28,29)/b22-21+. The molecule has 0 aliphatic heterocycles. The minimum Gasteiger partial charge on any atom is -0.506 e. The van der Waals surface area contributed by atoms with E-state index >= 15 is 0 Å². The van der Waals surface area contributed by atoms with Gasteiger partial charge in [-0.05, 0) is 35.7 Å². The molecule has 0 aliphatic rings. The lowest BCUT2D eigenvalue weighted by molar-refractivity contribution is 0.476. The first kappa shape index (κ1) is 22.2. The Morgan fingerprint density at radius 3 is 2.06 bits per heavy atom. The van der Waals surface area contributed by atoms with Crippen LogP contribution in [0.1, 0.15) is 0 Å². The van der Waals surface area contributed by atoms with Crippen LogP contribution < -0.4 is 0 Å². The van der Waals surface area contributed by atoms with E-state index in [0.29, 0.717) is 10.8 Å². The Morgan fingerprint density at radius 1 is 0.750 bits per heavy atom.